The summed E-state index contributed by atoms with van der Waals surface area (Å²) in [6.45, 7) is 3.56. The highest BCUT2D eigenvalue weighted by Gasteiger charge is 2.11. The van der Waals surface area contributed by atoms with Gasteiger partial charge in [-0.15, -0.1) is 0 Å². The first-order valence-corrected chi connectivity index (χ1v) is 7.17. The van der Waals surface area contributed by atoms with Crippen LogP contribution >= 0.6 is 0 Å². The normalized spacial score (nSPS) is 10.0. The Balaban J connectivity index is 2.04. The van der Waals surface area contributed by atoms with Gasteiger partial charge in [-0.1, -0.05) is 12.1 Å². The first-order valence-electron chi connectivity index (χ1n) is 7.17. The predicted octanol–water partition coefficient (Wildman–Crippen LogP) is 3.14. The van der Waals surface area contributed by atoms with Gasteiger partial charge < -0.3 is 14.8 Å². The lowest BCUT2D eigenvalue weighted by molar-refractivity contribution is -0.118. The Morgan fingerprint density at radius 1 is 1.17 bits per heavy atom. The molecule has 1 amide bonds. The number of para-hydroxylation sites is 2. The molecule has 5 nitrogen and oxygen atoms in total. The minimum atomic E-state index is -0.284. The van der Waals surface area contributed by atoms with Gasteiger partial charge in [0, 0.05) is 5.56 Å². The number of aldehydes is 1. The van der Waals surface area contributed by atoms with Crippen molar-refractivity contribution in [2.45, 2.75) is 13.8 Å². The van der Waals surface area contributed by atoms with Crippen LogP contribution in [0.15, 0.2) is 36.4 Å². The molecular formula is C18H19NO4. The summed E-state index contributed by atoms with van der Waals surface area (Å²) in [5, 5.41) is 2.75. The molecule has 2 aromatic carbocycles. The third-order valence-corrected chi connectivity index (χ3v) is 3.35. The molecule has 0 unspecified atom stereocenters. The van der Waals surface area contributed by atoms with Crippen LogP contribution in [-0.2, 0) is 4.79 Å². The highest BCUT2D eigenvalue weighted by molar-refractivity contribution is 5.93. The first-order chi connectivity index (χ1) is 11.0. The molecule has 0 aromatic heterocycles. The Labute approximate surface area is 135 Å². The summed E-state index contributed by atoms with van der Waals surface area (Å²) < 4.78 is 10.8. The molecule has 1 N–H and O–H groups in total. The number of rotatable bonds is 6. The van der Waals surface area contributed by atoms with E-state index in [9.17, 15) is 9.59 Å². The monoisotopic (exact) mass is 313 g/mol. The van der Waals surface area contributed by atoms with Crippen LogP contribution in [0.2, 0.25) is 0 Å². The van der Waals surface area contributed by atoms with Crippen LogP contribution in [0.5, 0.6) is 11.5 Å². The largest absolute Gasteiger partial charge is 0.495 e. The van der Waals surface area contributed by atoms with E-state index < -0.39 is 0 Å². The van der Waals surface area contributed by atoms with Crippen LogP contribution in [-0.4, -0.2) is 25.9 Å². The second-order valence-corrected chi connectivity index (χ2v) is 5.14. The molecule has 0 fully saturated rings. The van der Waals surface area contributed by atoms with Gasteiger partial charge in [0.25, 0.3) is 5.91 Å². The summed E-state index contributed by atoms with van der Waals surface area (Å²) in [6, 6.07) is 10.6. The van der Waals surface area contributed by atoms with Crippen LogP contribution in [0.4, 0.5) is 5.69 Å². The van der Waals surface area contributed by atoms with E-state index in [-0.39, 0.29) is 12.5 Å². The molecule has 0 aliphatic heterocycles. The van der Waals surface area contributed by atoms with Gasteiger partial charge in [0.2, 0.25) is 0 Å². The number of methoxy groups -OCH3 is 1. The minimum Gasteiger partial charge on any atom is -0.495 e. The van der Waals surface area contributed by atoms with Crippen molar-refractivity contribution >= 4 is 17.9 Å². The lowest BCUT2D eigenvalue weighted by Gasteiger charge is -2.13. The van der Waals surface area contributed by atoms with E-state index >= 15 is 0 Å². The summed E-state index contributed by atoms with van der Waals surface area (Å²) in [4.78, 5) is 22.9. The molecule has 0 spiro atoms. The number of nitrogens with one attached hydrogen (secondary N) is 1. The number of benzene rings is 2. The van der Waals surface area contributed by atoms with Gasteiger partial charge in [-0.05, 0) is 49.2 Å². The lowest BCUT2D eigenvalue weighted by Crippen LogP contribution is -2.21. The van der Waals surface area contributed by atoms with E-state index in [2.05, 4.69) is 5.32 Å². The van der Waals surface area contributed by atoms with Crippen molar-refractivity contribution in [1.82, 2.24) is 0 Å². The van der Waals surface area contributed by atoms with Gasteiger partial charge >= 0.3 is 0 Å². The lowest BCUT2D eigenvalue weighted by atomic mass is 10.1. The zero-order valence-electron chi connectivity index (χ0n) is 13.4. The van der Waals surface area contributed by atoms with E-state index in [0.717, 1.165) is 17.4 Å². The fourth-order valence-electron chi connectivity index (χ4n) is 2.35. The van der Waals surface area contributed by atoms with Crippen LogP contribution in [0.3, 0.4) is 0 Å². The van der Waals surface area contributed by atoms with Crippen LogP contribution in [0.1, 0.15) is 21.5 Å². The molecule has 0 saturated carbocycles. The Kier molecular flexibility index (Phi) is 5.36. The predicted molar refractivity (Wildman–Crippen MR) is 88.4 cm³/mol. The van der Waals surface area contributed by atoms with Crippen LogP contribution in [0.25, 0.3) is 0 Å². The van der Waals surface area contributed by atoms with Crippen molar-refractivity contribution in [2.24, 2.45) is 0 Å². The number of ether oxygens (including phenoxy) is 2. The van der Waals surface area contributed by atoms with E-state index in [1.807, 2.05) is 26.0 Å². The smallest absolute Gasteiger partial charge is 0.262 e. The van der Waals surface area contributed by atoms with Gasteiger partial charge in [0.15, 0.2) is 6.61 Å². The van der Waals surface area contributed by atoms with Crippen molar-refractivity contribution in [1.29, 1.82) is 0 Å². The summed E-state index contributed by atoms with van der Waals surface area (Å²) in [5.41, 5.74) is 2.81. The van der Waals surface area contributed by atoms with Crippen molar-refractivity contribution < 1.29 is 19.1 Å². The topological polar surface area (TPSA) is 64.6 Å². The molecule has 23 heavy (non-hydrogen) atoms. The standard InChI is InChI=1S/C18H19NO4/c1-12-8-14(10-20)9-13(2)18(12)23-11-17(21)19-15-6-4-5-7-16(15)22-3/h4-10H,11H2,1-3H3,(H,19,21). The molecule has 2 aromatic rings. The average molecular weight is 313 g/mol. The van der Waals surface area contributed by atoms with Crippen LogP contribution in [0, 0.1) is 13.8 Å². The molecule has 0 bridgehead atoms. The zero-order valence-corrected chi connectivity index (χ0v) is 13.4. The molecule has 0 saturated heterocycles. The maximum Gasteiger partial charge on any atom is 0.262 e. The zero-order chi connectivity index (χ0) is 16.8. The highest BCUT2D eigenvalue weighted by Crippen LogP contribution is 2.25. The van der Waals surface area contributed by atoms with E-state index in [1.54, 1.807) is 31.4 Å². The van der Waals surface area contributed by atoms with Gasteiger partial charge in [0.1, 0.15) is 17.8 Å². The third kappa shape index (κ3) is 4.10. The average Bonchev–Trinajstić information content (AvgIpc) is 2.54. The molecule has 2 rings (SSSR count). The number of anilines is 1. The second-order valence-electron chi connectivity index (χ2n) is 5.14. The van der Waals surface area contributed by atoms with Gasteiger partial charge in [-0.25, -0.2) is 0 Å². The number of carbonyl (C=O) groups is 2. The summed E-state index contributed by atoms with van der Waals surface area (Å²) >= 11 is 0. The Hall–Kier alpha value is -2.82. The molecule has 0 aliphatic carbocycles. The molecule has 0 atom stereocenters. The van der Waals surface area contributed by atoms with Crippen molar-refractivity contribution in [2.75, 3.05) is 19.0 Å². The summed E-state index contributed by atoms with van der Waals surface area (Å²) in [5.74, 6) is 0.919. The molecule has 0 radical (unpaired) electrons. The highest BCUT2D eigenvalue weighted by atomic mass is 16.5. The van der Waals surface area contributed by atoms with E-state index in [0.29, 0.717) is 22.7 Å². The Morgan fingerprint density at radius 2 is 1.83 bits per heavy atom. The maximum absolute atomic E-state index is 12.1. The quantitative estimate of drug-likeness (QED) is 0.832. The van der Waals surface area contributed by atoms with E-state index in [4.69, 9.17) is 9.47 Å². The van der Waals surface area contributed by atoms with E-state index in [1.165, 1.54) is 0 Å². The third-order valence-electron chi connectivity index (χ3n) is 3.35. The van der Waals surface area contributed by atoms with Crippen molar-refractivity contribution in [3.05, 3.63) is 53.1 Å². The number of amides is 1. The first kappa shape index (κ1) is 16.5. The Morgan fingerprint density at radius 3 is 2.43 bits per heavy atom. The number of aryl methyl sites for hydroxylation is 2. The number of hydrogen-bond acceptors (Lipinski definition) is 4. The molecule has 0 heterocycles. The van der Waals surface area contributed by atoms with Crippen molar-refractivity contribution in [3.8, 4) is 11.5 Å². The molecule has 0 aliphatic rings. The fraction of sp³-hybridized carbons (Fsp3) is 0.222. The molecule has 5 heteroatoms. The maximum atomic E-state index is 12.1. The van der Waals surface area contributed by atoms with Crippen LogP contribution < -0.4 is 14.8 Å². The number of hydrogen-bond donors (Lipinski definition) is 1. The van der Waals surface area contributed by atoms with Gasteiger partial charge in [0.05, 0.1) is 12.8 Å². The fourth-order valence-corrected chi connectivity index (χ4v) is 2.35. The summed E-state index contributed by atoms with van der Waals surface area (Å²) in [7, 11) is 1.54. The second kappa shape index (κ2) is 7.45. The molecular weight excluding hydrogens is 294 g/mol. The van der Waals surface area contributed by atoms with Gasteiger partial charge in [-0.2, -0.15) is 0 Å². The van der Waals surface area contributed by atoms with Gasteiger partial charge in [-0.3, -0.25) is 9.59 Å². The Bertz CT molecular complexity index is 702. The minimum absolute atomic E-state index is 0.125. The SMILES string of the molecule is COc1ccccc1NC(=O)COc1c(C)cc(C=O)cc1C. The summed E-state index contributed by atoms with van der Waals surface area (Å²) in [6.07, 6.45) is 0.790. The van der Waals surface area contributed by atoms with Crippen molar-refractivity contribution in [3.63, 3.8) is 0 Å². The number of carbonyl (C=O) groups excluding carboxylic acids is 2. The molecule has 120 valence electrons.